The minimum absolute atomic E-state index is 0.0890. The van der Waals surface area contributed by atoms with E-state index >= 15 is 0 Å². The van der Waals surface area contributed by atoms with Crippen molar-refractivity contribution in [3.05, 3.63) is 59.9 Å². The molecule has 4 rings (SSSR count). The van der Waals surface area contributed by atoms with Gasteiger partial charge in [0.1, 0.15) is 12.4 Å². The zero-order valence-electron chi connectivity index (χ0n) is 14.1. The molecule has 0 spiro atoms. The van der Waals surface area contributed by atoms with Gasteiger partial charge in [-0.2, -0.15) is 0 Å². The third-order valence-corrected chi connectivity index (χ3v) is 4.92. The number of likely N-dealkylation sites (tertiary alicyclic amines) is 1. The van der Waals surface area contributed by atoms with E-state index in [-0.39, 0.29) is 17.9 Å². The molecule has 1 saturated heterocycles. The summed E-state index contributed by atoms with van der Waals surface area (Å²) in [6.45, 7) is 2.46. The topological polar surface area (TPSA) is 51.7 Å². The van der Waals surface area contributed by atoms with Gasteiger partial charge in [-0.25, -0.2) is 0 Å². The molecule has 0 saturated carbocycles. The second-order valence-electron chi connectivity index (χ2n) is 6.68. The first-order valence-corrected chi connectivity index (χ1v) is 8.79. The zero-order valence-corrected chi connectivity index (χ0v) is 14.1. The molecule has 5 nitrogen and oxygen atoms in total. The number of benzene rings is 1. The Labute approximate surface area is 147 Å². The Morgan fingerprint density at radius 2 is 2.08 bits per heavy atom. The molecule has 2 aliphatic heterocycles. The summed E-state index contributed by atoms with van der Waals surface area (Å²) in [6, 6.07) is 11.9. The van der Waals surface area contributed by atoms with Crippen molar-refractivity contribution in [2.24, 2.45) is 5.92 Å². The molecular weight excluding hydrogens is 316 g/mol. The first-order valence-electron chi connectivity index (χ1n) is 8.79. The van der Waals surface area contributed by atoms with Gasteiger partial charge < -0.3 is 14.4 Å². The summed E-state index contributed by atoms with van der Waals surface area (Å²) in [5, 5.41) is 0. The van der Waals surface area contributed by atoms with Crippen LogP contribution in [-0.2, 0) is 22.6 Å². The molecule has 2 aliphatic rings. The molecule has 3 heterocycles. The normalized spacial score (nSPS) is 22.3. The van der Waals surface area contributed by atoms with E-state index < -0.39 is 0 Å². The van der Waals surface area contributed by atoms with Crippen LogP contribution < -0.4 is 4.74 Å². The van der Waals surface area contributed by atoms with Crippen LogP contribution in [0.1, 0.15) is 17.5 Å². The molecular formula is C20H22N2O3. The van der Waals surface area contributed by atoms with E-state index in [9.17, 15) is 4.79 Å². The Hall–Kier alpha value is -2.40. The summed E-state index contributed by atoms with van der Waals surface area (Å²) >= 11 is 0. The number of amides is 1. The van der Waals surface area contributed by atoms with Gasteiger partial charge in [0.15, 0.2) is 0 Å². The molecule has 1 aromatic carbocycles. The molecule has 1 fully saturated rings. The lowest BCUT2D eigenvalue weighted by molar-refractivity contribution is -0.136. The van der Waals surface area contributed by atoms with Crippen molar-refractivity contribution in [2.45, 2.75) is 25.6 Å². The van der Waals surface area contributed by atoms with Gasteiger partial charge in [-0.1, -0.05) is 18.2 Å². The van der Waals surface area contributed by atoms with E-state index in [0.717, 1.165) is 36.3 Å². The summed E-state index contributed by atoms with van der Waals surface area (Å²) in [7, 11) is 0. The highest BCUT2D eigenvalue weighted by molar-refractivity contribution is 5.80. The number of nitrogens with zero attached hydrogens (tertiary/aromatic N) is 2. The molecule has 0 bridgehead atoms. The Bertz CT molecular complexity index is 735. The summed E-state index contributed by atoms with van der Waals surface area (Å²) in [5.41, 5.74) is 2.23. The molecule has 2 unspecified atom stereocenters. The van der Waals surface area contributed by atoms with E-state index in [0.29, 0.717) is 19.8 Å². The third-order valence-electron chi connectivity index (χ3n) is 4.92. The fourth-order valence-electron chi connectivity index (χ4n) is 3.50. The van der Waals surface area contributed by atoms with Crippen molar-refractivity contribution < 1.29 is 14.3 Å². The Kier molecular flexibility index (Phi) is 4.65. The van der Waals surface area contributed by atoms with E-state index in [1.807, 2.05) is 41.3 Å². The highest BCUT2D eigenvalue weighted by Crippen LogP contribution is 2.28. The summed E-state index contributed by atoms with van der Waals surface area (Å²) < 4.78 is 11.7. The Balaban J connectivity index is 1.30. The fourth-order valence-corrected chi connectivity index (χ4v) is 3.50. The average molecular weight is 338 g/mol. The van der Waals surface area contributed by atoms with Gasteiger partial charge >= 0.3 is 0 Å². The number of fused-ring (bicyclic) bond motifs is 1. The highest BCUT2D eigenvalue weighted by atomic mass is 16.5. The van der Waals surface area contributed by atoms with Crippen molar-refractivity contribution in [3.8, 4) is 5.75 Å². The minimum atomic E-state index is -0.0890. The van der Waals surface area contributed by atoms with Crippen LogP contribution in [0.2, 0.25) is 0 Å². The van der Waals surface area contributed by atoms with Crippen LogP contribution in [0.5, 0.6) is 5.75 Å². The van der Waals surface area contributed by atoms with Gasteiger partial charge in [-0.15, -0.1) is 0 Å². The largest absolute Gasteiger partial charge is 0.492 e. The van der Waals surface area contributed by atoms with Gasteiger partial charge in [-0.05, 0) is 42.2 Å². The zero-order chi connectivity index (χ0) is 17.1. The number of aromatic nitrogens is 1. The molecule has 0 aliphatic carbocycles. The van der Waals surface area contributed by atoms with Crippen molar-refractivity contribution in [2.75, 3.05) is 19.7 Å². The molecule has 2 atom stereocenters. The number of hydrogen-bond acceptors (Lipinski definition) is 4. The van der Waals surface area contributed by atoms with Crippen LogP contribution in [0, 0.1) is 5.92 Å². The number of para-hydroxylation sites is 1. The first-order chi connectivity index (χ1) is 12.3. The van der Waals surface area contributed by atoms with E-state index in [1.54, 1.807) is 12.4 Å². The summed E-state index contributed by atoms with van der Waals surface area (Å²) in [5.74, 6) is 1.00. The highest BCUT2D eigenvalue weighted by Gasteiger charge is 2.33. The molecule has 5 heteroatoms. The standard InChI is InChI=1S/C20H22N2O3/c23-20(17-11-16-3-1-2-4-19(16)25-14-17)22-10-7-18(12-22)24-13-15-5-8-21-9-6-15/h1-6,8-9,17-18H,7,10-14H2. The molecule has 1 aromatic heterocycles. The van der Waals surface area contributed by atoms with Gasteiger partial charge in [0.2, 0.25) is 5.91 Å². The maximum atomic E-state index is 12.8. The van der Waals surface area contributed by atoms with E-state index in [2.05, 4.69) is 4.98 Å². The number of rotatable bonds is 4. The van der Waals surface area contributed by atoms with E-state index in [1.165, 1.54) is 0 Å². The smallest absolute Gasteiger partial charge is 0.229 e. The molecule has 25 heavy (non-hydrogen) atoms. The maximum Gasteiger partial charge on any atom is 0.229 e. The van der Waals surface area contributed by atoms with Crippen molar-refractivity contribution >= 4 is 5.91 Å². The Morgan fingerprint density at radius 1 is 1.24 bits per heavy atom. The SMILES string of the molecule is O=C(C1COc2ccccc2C1)N1CCC(OCc2ccncc2)C1. The predicted octanol–water partition coefficient (Wildman–Crippen LogP) is 2.45. The quantitative estimate of drug-likeness (QED) is 0.859. The summed E-state index contributed by atoms with van der Waals surface area (Å²) in [6.07, 6.45) is 5.29. The van der Waals surface area contributed by atoms with Crippen LogP contribution in [0.3, 0.4) is 0 Å². The van der Waals surface area contributed by atoms with Crippen LogP contribution in [0.15, 0.2) is 48.8 Å². The minimum Gasteiger partial charge on any atom is -0.492 e. The second kappa shape index (κ2) is 7.23. The van der Waals surface area contributed by atoms with Crippen LogP contribution in [-0.4, -0.2) is 41.6 Å². The average Bonchev–Trinajstić information content (AvgIpc) is 3.15. The number of hydrogen-bond donors (Lipinski definition) is 0. The lowest BCUT2D eigenvalue weighted by atomic mass is 9.95. The van der Waals surface area contributed by atoms with Crippen LogP contribution in [0.4, 0.5) is 0 Å². The second-order valence-corrected chi connectivity index (χ2v) is 6.68. The Morgan fingerprint density at radius 3 is 2.96 bits per heavy atom. The third kappa shape index (κ3) is 3.66. The van der Waals surface area contributed by atoms with Gasteiger partial charge in [0.05, 0.1) is 18.6 Å². The van der Waals surface area contributed by atoms with Crippen molar-refractivity contribution in [1.29, 1.82) is 0 Å². The monoisotopic (exact) mass is 338 g/mol. The number of carbonyl (C=O) groups is 1. The summed E-state index contributed by atoms with van der Waals surface area (Å²) in [4.78, 5) is 18.7. The van der Waals surface area contributed by atoms with Crippen LogP contribution >= 0.6 is 0 Å². The van der Waals surface area contributed by atoms with Gasteiger partial charge in [0, 0.05) is 25.5 Å². The first kappa shape index (κ1) is 16.1. The van der Waals surface area contributed by atoms with Gasteiger partial charge in [0.25, 0.3) is 0 Å². The lowest BCUT2D eigenvalue weighted by Gasteiger charge is -2.28. The lowest BCUT2D eigenvalue weighted by Crippen LogP contribution is -2.40. The number of ether oxygens (including phenoxy) is 2. The molecule has 130 valence electrons. The van der Waals surface area contributed by atoms with Gasteiger partial charge in [-0.3, -0.25) is 9.78 Å². The van der Waals surface area contributed by atoms with Crippen LogP contribution in [0.25, 0.3) is 0 Å². The number of pyridine rings is 1. The van der Waals surface area contributed by atoms with Crippen molar-refractivity contribution in [1.82, 2.24) is 9.88 Å². The predicted molar refractivity (Wildman–Crippen MR) is 93.1 cm³/mol. The fraction of sp³-hybridized carbons (Fsp3) is 0.400. The molecule has 0 N–H and O–H groups in total. The van der Waals surface area contributed by atoms with Crippen molar-refractivity contribution in [3.63, 3.8) is 0 Å². The molecule has 1 amide bonds. The van der Waals surface area contributed by atoms with E-state index in [4.69, 9.17) is 9.47 Å². The molecule has 0 radical (unpaired) electrons. The molecule has 2 aromatic rings. The maximum absolute atomic E-state index is 12.8. The number of carbonyl (C=O) groups excluding carboxylic acids is 1.